The maximum atomic E-state index is 4.67. The molecule has 0 N–H and O–H groups in total. The van der Waals surface area contributed by atoms with Gasteiger partial charge in [0.05, 0.1) is 10.4 Å². The molecule has 24 heavy (non-hydrogen) atoms. The molecule has 0 spiro atoms. The highest BCUT2D eigenvalue weighted by Gasteiger charge is 2.23. The van der Waals surface area contributed by atoms with Gasteiger partial charge in [0.15, 0.2) is 0 Å². The molecule has 124 valence electrons. The maximum Gasteiger partial charge on any atom is 0.0620 e. The molecule has 0 bridgehead atoms. The molecule has 0 aliphatic carbocycles. The van der Waals surface area contributed by atoms with Crippen LogP contribution in [0.2, 0.25) is 0 Å². The third kappa shape index (κ3) is 3.11. The minimum absolute atomic E-state index is 0.683. The number of rotatable bonds is 4. The molecular formula is C21H24N2S. The molecule has 3 heteroatoms. The van der Waals surface area contributed by atoms with E-state index in [2.05, 4.69) is 64.7 Å². The summed E-state index contributed by atoms with van der Waals surface area (Å²) in [6, 6.07) is 17.6. The molecule has 0 saturated carbocycles. The number of aromatic nitrogens is 1. The second-order valence-electron chi connectivity index (χ2n) is 6.74. The highest BCUT2D eigenvalue weighted by Crippen LogP contribution is 2.36. The van der Waals surface area contributed by atoms with Gasteiger partial charge >= 0.3 is 0 Å². The van der Waals surface area contributed by atoms with Crippen LogP contribution in [0, 0.1) is 0 Å². The zero-order valence-electron chi connectivity index (χ0n) is 14.2. The van der Waals surface area contributed by atoms with E-state index in [0.29, 0.717) is 5.92 Å². The Morgan fingerprint density at radius 3 is 2.58 bits per heavy atom. The lowest BCUT2D eigenvalue weighted by Gasteiger charge is -2.32. The first-order chi connectivity index (χ1) is 11.8. The summed E-state index contributed by atoms with van der Waals surface area (Å²) in [4.78, 5) is 2.60. The Labute approximate surface area is 148 Å². The van der Waals surface area contributed by atoms with Crippen molar-refractivity contribution in [2.75, 3.05) is 13.1 Å². The summed E-state index contributed by atoms with van der Waals surface area (Å²) in [5, 5.41) is 1.45. The van der Waals surface area contributed by atoms with Crippen LogP contribution in [0.5, 0.6) is 0 Å². The molecule has 2 heterocycles. The largest absolute Gasteiger partial charge is 0.299 e. The van der Waals surface area contributed by atoms with Crippen LogP contribution < -0.4 is 0 Å². The predicted molar refractivity (Wildman–Crippen MR) is 103 cm³/mol. The van der Waals surface area contributed by atoms with E-state index in [1.54, 1.807) is 11.5 Å². The Kier molecular flexibility index (Phi) is 4.63. The lowest BCUT2D eigenvalue weighted by Crippen LogP contribution is -2.32. The average Bonchev–Trinajstić information content (AvgIpc) is 3.07. The van der Waals surface area contributed by atoms with Gasteiger partial charge in [0, 0.05) is 11.9 Å². The molecule has 2 aromatic carbocycles. The van der Waals surface area contributed by atoms with Gasteiger partial charge in [0.2, 0.25) is 0 Å². The Morgan fingerprint density at radius 1 is 1.04 bits per heavy atom. The zero-order chi connectivity index (χ0) is 16.4. The van der Waals surface area contributed by atoms with Crippen molar-refractivity contribution in [3.05, 3.63) is 65.4 Å². The van der Waals surface area contributed by atoms with E-state index >= 15 is 0 Å². The number of hydrogen-bond acceptors (Lipinski definition) is 3. The van der Waals surface area contributed by atoms with Crippen LogP contribution in [-0.4, -0.2) is 22.4 Å². The van der Waals surface area contributed by atoms with Crippen LogP contribution in [0.4, 0.5) is 0 Å². The van der Waals surface area contributed by atoms with Crippen LogP contribution in [0.25, 0.3) is 10.1 Å². The molecule has 4 rings (SSSR count). The second kappa shape index (κ2) is 7.04. The molecule has 1 aliphatic rings. The summed E-state index contributed by atoms with van der Waals surface area (Å²) in [7, 11) is 0. The molecule has 0 unspecified atom stereocenters. The number of fused-ring (bicyclic) bond motifs is 1. The standard InChI is InChI=1S/C21H24N2S/c1-2-19-21-18(9-6-10-20(21)24-22-19)17-11-13-23(14-12-17)15-16-7-4-3-5-8-16/h3-10,17H,2,11-15H2,1H3. The monoisotopic (exact) mass is 336 g/mol. The number of hydrogen-bond donors (Lipinski definition) is 0. The molecule has 0 radical (unpaired) electrons. The SMILES string of the molecule is CCc1nsc2cccc(C3CCN(Cc4ccccc4)CC3)c12. The third-order valence-electron chi connectivity index (χ3n) is 5.21. The van der Waals surface area contributed by atoms with Crippen LogP contribution >= 0.6 is 11.5 Å². The summed E-state index contributed by atoms with van der Waals surface area (Å²) in [6.45, 7) is 5.68. The molecule has 1 aromatic heterocycles. The Morgan fingerprint density at radius 2 is 1.83 bits per heavy atom. The Balaban J connectivity index is 1.49. The van der Waals surface area contributed by atoms with E-state index < -0.39 is 0 Å². The number of likely N-dealkylation sites (tertiary alicyclic amines) is 1. The molecule has 2 nitrogen and oxygen atoms in total. The van der Waals surface area contributed by atoms with Gasteiger partial charge in [-0.2, -0.15) is 4.37 Å². The number of aryl methyl sites for hydroxylation is 1. The van der Waals surface area contributed by atoms with Gasteiger partial charge in [-0.25, -0.2) is 0 Å². The number of benzene rings is 2. The lowest BCUT2D eigenvalue weighted by atomic mass is 9.86. The van der Waals surface area contributed by atoms with E-state index in [9.17, 15) is 0 Å². The summed E-state index contributed by atoms with van der Waals surface area (Å²) < 4.78 is 6.03. The number of piperidine rings is 1. The fourth-order valence-corrected chi connectivity index (χ4v) is 4.80. The minimum Gasteiger partial charge on any atom is -0.299 e. The molecule has 0 amide bonds. The van der Waals surface area contributed by atoms with Crippen LogP contribution in [-0.2, 0) is 13.0 Å². The lowest BCUT2D eigenvalue weighted by molar-refractivity contribution is 0.205. The van der Waals surface area contributed by atoms with E-state index in [0.717, 1.165) is 13.0 Å². The average molecular weight is 337 g/mol. The van der Waals surface area contributed by atoms with Crippen LogP contribution in [0.1, 0.15) is 42.5 Å². The molecule has 1 aliphatic heterocycles. The fourth-order valence-electron chi connectivity index (χ4n) is 3.91. The molecule has 1 fully saturated rings. The van der Waals surface area contributed by atoms with Gasteiger partial charge in [-0.05, 0) is 67.0 Å². The van der Waals surface area contributed by atoms with Gasteiger partial charge in [-0.3, -0.25) is 4.90 Å². The Bertz CT molecular complexity index is 801. The smallest absolute Gasteiger partial charge is 0.0620 e. The minimum atomic E-state index is 0.683. The van der Waals surface area contributed by atoms with Gasteiger partial charge in [0.1, 0.15) is 0 Å². The fraction of sp³-hybridized carbons (Fsp3) is 0.381. The molecule has 0 atom stereocenters. The maximum absolute atomic E-state index is 4.67. The van der Waals surface area contributed by atoms with E-state index in [1.807, 2.05) is 0 Å². The van der Waals surface area contributed by atoms with E-state index in [-0.39, 0.29) is 0 Å². The first-order valence-electron chi connectivity index (χ1n) is 8.98. The predicted octanol–water partition coefficient (Wildman–Crippen LogP) is 5.24. The summed E-state index contributed by atoms with van der Waals surface area (Å²) in [5.41, 5.74) is 4.25. The first kappa shape index (κ1) is 15.8. The quantitative estimate of drug-likeness (QED) is 0.648. The van der Waals surface area contributed by atoms with Gasteiger partial charge in [-0.15, -0.1) is 0 Å². The van der Waals surface area contributed by atoms with Gasteiger partial charge < -0.3 is 0 Å². The van der Waals surface area contributed by atoms with Gasteiger partial charge in [-0.1, -0.05) is 49.4 Å². The van der Waals surface area contributed by atoms with Crippen molar-refractivity contribution in [2.45, 2.75) is 38.6 Å². The highest BCUT2D eigenvalue weighted by molar-refractivity contribution is 7.13. The van der Waals surface area contributed by atoms with Crippen molar-refractivity contribution in [1.29, 1.82) is 0 Å². The van der Waals surface area contributed by atoms with Crippen molar-refractivity contribution in [3.8, 4) is 0 Å². The summed E-state index contributed by atoms with van der Waals surface area (Å²) in [6.07, 6.45) is 3.54. The second-order valence-corrected chi connectivity index (χ2v) is 7.54. The van der Waals surface area contributed by atoms with Crippen LogP contribution in [0.3, 0.4) is 0 Å². The van der Waals surface area contributed by atoms with Crippen molar-refractivity contribution < 1.29 is 0 Å². The van der Waals surface area contributed by atoms with Gasteiger partial charge in [0.25, 0.3) is 0 Å². The normalized spacial score (nSPS) is 16.7. The third-order valence-corrected chi connectivity index (χ3v) is 6.06. The van der Waals surface area contributed by atoms with Crippen molar-refractivity contribution in [1.82, 2.24) is 9.27 Å². The first-order valence-corrected chi connectivity index (χ1v) is 9.76. The molecule has 1 saturated heterocycles. The zero-order valence-corrected chi connectivity index (χ0v) is 15.1. The van der Waals surface area contributed by atoms with Crippen molar-refractivity contribution in [3.63, 3.8) is 0 Å². The number of nitrogens with zero attached hydrogens (tertiary/aromatic N) is 2. The Hall–Kier alpha value is -1.71. The summed E-state index contributed by atoms with van der Waals surface area (Å²) >= 11 is 1.66. The van der Waals surface area contributed by atoms with Crippen LogP contribution in [0.15, 0.2) is 48.5 Å². The van der Waals surface area contributed by atoms with E-state index in [4.69, 9.17) is 0 Å². The van der Waals surface area contributed by atoms with Crippen molar-refractivity contribution in [2.24, 2.45) is 0 Å². The molecular weight excluding hydrogens is 312 g/mol. The highest BCUT2D eigenvalue weighted by atomic mass is 32.1. The molecule has 3 aromatic rings. The summed E-state index contributed by atoms with van der Waals surface area (Å²) in [5.74, 6) is 0.683. The van der Waals surface area contributed by atoms with E-state index in [1.165, 1.54) is 52.8 Å². The topological polar surface area (TPSA) is 16.1 Å². The van der Waals surface area contributed by atoms with Crippen molar-refractivity contribution >= 4 is 21.6 Å².